The van der Waals surface area contributed by atoms with E-state index in [1.807, 2.05) is 24.3 Å². The van der Waals surface area contributed by atoms with Crippen molar-refractivity contribution >= 4 is 23.2 Å². The number of nitrogens with one attached hydrogen (secondary N) is 2. The van der Waals surface area contributed by atoms with Crippen molar-refractivity contribution in [1.29, 1.82) is 0 Å². The van der Waals surface area contributed by atoms with Crippen LogP contribution in [-0.4, -0.2) is 32.1 Å². The molecule has 0 aliphatic rings. The zero-order chi connectivity index (χ0) is 25.8. The Labute approximate surface area is 212 Å². The molecule has 2 N–H and O–H groups in total. The van der Waals surface area contributed by atoms with Crippen molar-refractivity contribution in [2.75, 3.05) is 31.0 Å². The van der Waals surface area contributed by atoms with Crippen LogP contribution in [0.15, 0.2) is 66.7 Å². The third kappa shape index (κ3) is 7.77. The van der Waals surface area contributed by atoms with E-state index in [1.165, 1.54) is 13.2 Å². The molecule has 190 valence electrons. The SMILES string of the molecule is CCCCOc1ccc(NC(=O)c2ccc(OC)c(C(=O)Nc3ccc(OCCCC)cc3)c2)cc1. The van der Waals surface area contributed by atoms with Gasteiger partial charge in [-0.15, -0.1) is 0 Å². The molecule has 7 nitrogen and oxygen atoms in total. The second-order valence-electron chi connectivity index (χ2n) is 8.28. The largest absolute Gasteiger partial charge is 0.496 e. The Kier molecular flexibility index (Phi) is 10.2. The zero-order valence-corrected chi connectivity index (χ0v) is 21.1. The smallest absolute Gasteiger partial charge is 0.259 e. The van der Waals surface area contributed by atoms with E-state index in [0.717, 1.165) is 37.2 Å². The average Bonchev–Trinajstić information content (AvgIpc) is 2.90. The molecule has 0 saturated heterocycles. The van der Waals surface area contributed by atoms with Crippen LogP contribution in [0.2, 0.25) is 0 Å². The number of amides is 2. The summed E-state index contributed by atoms with van der Waals surface area (Å²) in [4.78, 5) is 25.9. The molecule has 0 heterocycles. The third-order valence-electron chi connectivity index (χ3n) is 5.46. The highest BCUT2D eigenvalue weighted by molar-refractivity contribution is 6.10. The van der Waals surface area contributed by atoms with Crippen LogP contribution in [0.1, 0.15) is 60.2 Å². The first kappa shape index (κ1) is 26.6. The van der Waals surface area contributed by atoms with Crippen molar-refractivity contribution in [3.8, 4) is 17.2 Å². The lowest BCUT2D eigenvalue weighted by Gasteiger charge is -2.12. The number of rotatable bonds is 13. The van der Waals surface area contributed by atoms with Crippen molar-refractivity contribution in [2.24, 2.45) is 0 Å². The van der Waals surface area contributed by atoms with Gasteiger partial charge in [-0.2, -0.15) is 0 Å². The van der Waals surface area contributed by atoms with Gasteiger partial charge in [0.05, 0.1) is 25.9 Å². The molecule has 36 heavy (non-hydrogen) atoms. The highest BCUT2D eigenvalue weighted by Crippen LogP contribution is 2.24. The van der Waals surface area contributed by atoms with Crippen LogP contribution >= 0.6 is 0 Å². The van der Waals surface area contributed by atoms with Crippen molar-refractivity contribution in [1.82, 2.24) is 0 Å². The first-order valence-corrected chi connectivity index (χ1v) is 12.3. The summed E-state index contributed by atoms with van der Waals surface area (Å²) in [6.45, 7) is 5.54. The third-order valence-corrected chi connectivity index (χ3v) is 5.46. The summed E-state index contributed by atoms with van der Waals surface area (Å²) in [5, 5.41) is 5.70. The minimum atomic E-state index is -0.380. The standard InChI is InChI=1S/C29H34N2O5/c1-4-6-18-35-24-13-9-22(10-14-24)30-28(32)21-8-17-27(34-3)26(20-21)29(33)31-23-11-15-25(16-12-23)36-19-7-5-2/h8-17,20H,4-7,18-19H2,1-3H3,(H,30,32)(H,31,33). The van der Waals surface area contributed by atoms with Crippen molar-refractivity contribution < 1.29 is 23.8 Å². The molecule has 3 rings (SSSR count). The van der Waals surface area contributed by atoms with Crippen LogP contribution in [-0.2, 0) is 0 Å². The Balaban J connectivity index is 1.66. The highest BCUT2D eigenvalue weighted by Gasteiger charge is 2.17. The van der Waals surface area contributed by atoms with Crippen molar-refractivity contribution in [2.45, 2.75) is 39.5 Å². The fourth-order valence-electron chi connectivity index (χ4n) is 3.37. The fourth-order valence-corrected chi connectivity index (χ4v) is 3.37. The Morgan fingerprint density at radius 3 is 1.67 bits per heavy atom. The topological polar surface area (TPSA) is 85.9 Å². The van der Waals surface area contributed by atoms with Crippen LogP contribution in [0.5, 0.6) is 17.2 Å². The van der Waals surface area contributed by atoms with Gasteiger partial charge in [0.15, 0.2) is 0 Å². The Bertz CT molecular complexity index is 1130. The molecule has 0 aromatic heterocycles. The lowest BCUT2D eigenvalue weighted by molar-refractivity contribution is 0.102. The van der Waals surface area contributed by atoms with Crippen molar-refractivity contribution in [3.05, 3.63) is 77.9 Å². The molecule has 0 aliphatic carbocycles. The van der Waals surface area contributed by atoms with E-state index >= 15 is 0 Å². The predicted octanol–water partition coefficient (Wildman–Crippen LogP) is 6.56. The molecule has 2 amide bonds. The first-order valence-electron chi connectivity index (χ1n) is 12.3. The number of hydrogen-bond donors (Lipinski definition) is 2. The molecular weight excluding hydrogens is 456 g/mol. The average molecular weight is 491 g/mol. The molecule has 0 unspecified atom stereocenters. The number of ether oxygens (including phenoxy) is 3. The summed E-state index contributed by atoms with van der Waals surface area (Å²) in [6, 6.07) is 19.1. The Hall–Kier alpha value is -4.00. The summed E-state index contributed by atoms with van der Waals surface area (Å²) in [5.74, 6) is 1.16. The van der Waals surface area contributed by atoms with Gasteiger partial charge in [-0.1, -0.05) is 26.7 Å². The molecule has 0 bridgehead atoms. The number of carbonyl (C=O) groups is 2. The Morgan fingerprint density at radius 2 is 1.19 bits per heavy atom. The van der Waals surface area contributed by atoms with E-state index < -0.39 is 0 Å². The lowest BCUT2D eigenvalue weighted by atomic mass is 10.1. The number of benzene rings is 3. The molecule has 0 saturated carbocycles. The molecule has 0 radical (unpaired) electrons. The molecular formula is C29H34N2O5. The molecule has 3 aromatic rings. The zero-order valence-electron chi connectivity index (χ0n) is 21.1. The summed E-state index contributed by atoms with van der Waals surface area (Å²) in [7, 11) is 1.48. The summed E-state index contributed by atoms with van der Waals surface area (Å²) in [6.07, 6.45) is 4.11. The van der Waals surface area contributed by atoms with E-state index in [2.05, 4.69) is 24.5 Å². The second-order valence-corrected chi connectivity index (χ2v) is 8.28. The van der Waals surface area contributed by atoms with Crippen molar-refractivity contribution in [3.63, 3.8) is 0 Å². The van der Waals surface area contributed by atoms with E-state index in [0.29, 0.717) is 35.9 Å². The van der Waals surface area contributed by atoms with Gasteiger partial charge in [-0.25, -0.2) is 0 Å². The van der Waals surface area contributed by atoms with E-state index in [9.17, 15) is 9.59 Å². The number of hydrogen-bond acceptors (Lipinski definition) is 5. The monoisotopic (exact) mass is 490 g/mol. The second kappa shape index (κ2) is 13.8. The fraction of sp³-hybridized carbons (Fsp3) is 0.310. The van der Waals surface area contributed by atoms with Crippen LogP contribution in [0.4, 0.5) is 11.4 Å². The van der Waals surface area contributed by atoms with Crippen LogP contribution in [0.25, 0.3) is 0 Å². The highest BCUT2D eigenvalue weighted by atomic mass is 16.5. The van der Waals surface area contributed by atoms with Crippen LogP contribution in [0, 0.1) is 0 Å². The maximum atomic E-state index is 13.0. The van der Waals surface area contributed by atoms with E-state index in [1.54, 1.807) is 36.4 Å². The van der Waals surface area contributed by atoms with Gasteiger partial charge in [0.2, 0.25) is 0 Å². The predicted molar refractivity (Wildman–Crippen MR) is 143 cm³/mol. The summed E-state index contributed by atoms with van der Waals surface area (Å²) in [5.41, 5.74) is 1.84. The maximum Gasteiger partial charge on any atom is 0.259 e. The number of methoxy groups -OCH3 is 1. The minimum absolute atomic E-state index is 0.257. The molecule has 3 aromatic carbocycles. The van der Waals surface area contributed by atoms with Crippen LogP contribution < -0.4 is 24.8 Å². The quantitative estimate of drug-likeness (QED) is 0.265. The molecule has 0 atom stereocenters. The molecule has 0 fully saturated rings. The number of anilines is 2. The van der Waals surface area contributed by atoms with Gasteiger partial charge in [-0.05, 0) is 79.6 Å². The number of unbranched alkanes of at least 4 members (excludes halogenated alkanes) is 2. The maximum absolute atomic E-state index is 13.0. The molecule has 7 heteroatoms. The first-order chi connectivity index (χ1) is 17.5. The van der Waals surface area contributed by atoms with Gasteiger partial charge >= 0.3 is 0 Å². The van der Waals surface area contributed by atoms with Crippen LogP contribution in [0.3, 0.4) is 0 Å². The van der Waals surface area contributed by atoms with Gasteiger partial charge in [0, 0.05) is 16.9 Å². The lowest BCUT2D eigenvalue weighted by Crippen LogP contribution is -2.16. The number of carbonyl (C=O) groups excluding carboxylic acids is 2. The van der Waals surface area contributed by atoms with Gasteiger partial charge in [0.25, 0.3) is 11.8 Å². The van der Waals surface area contributed by atoms with Gasteiger partial charge in [-0.3, -0.25) is 9.59 Å². The van der Waals surface area contributed by atoms with E-state index in [-0.39, 0.29) is 17.4 Å². The normalized spacial score (nSPS) is 10.4. The summed E-state index contributed by atoms with van der Waals surface area (Å²) < 4.78 is 16.7. The Morgan fingerprint density at radius 1 is 0.694 bits per heavy atom. The molecule has 0 aliphatic heterocycles. The van der Waals surface area contributed by atoms with Gasteiger partial charge < -0.3 is 24.8 Å². The van der Waals surface area contributed by atoms with E-state index in [4.69, 9.17) is 14.2 Å². The molecule has 0 spiro atoms. The summed E-state index contributed by atoms with van der Waals surface area (Å²) >= 11 is 0. The van der Waals surface area contributed by atoms with Gasteiger partial charge in [0.1, 0.15) is 17.2 Å². The minimum Gasteiger partial charge on any atom is -0.496 e.